The van der Waals surface area contributed by atoms with Crippen molar-refractivity contribution in [1.82, 2.24) is 14.4 Å². The zero-order chi connectivity index (χ0) is 22.0. The number of sulfonamides is 1. The molecule has 1 aromatic heterocycles. The summed E-state index contributed by atoms with van der Waals surface area (Å²) in [5.74, 6) is 0.568. The molecule has 0 amide bonds. The average molecular weight is 426 g/mol. The first kappa shape index (κ1) is 22.8. The van der Waals surface area contributed by atoms with Crippen LogP contribution in [0.25, 0.3) is 0 Å². The molecule has 1 atom stereocenters. The second-order valence-electron chi connectivity index (χ2n) is 7.44. The van der Waals surface area contributed by atoms with Crippen LogP contribution in [0.5, 0.6) is 5.75 Å². The molecule has 2 rings (SSSR count). The number of hydrogen-bond acceptors (Lipinski definition) is 8. The number of nitro groups is 1. The molecule has 0 spiro atoms. The predicted molar refractivity (Wildman–Crippen MR) is 105 cm³/mol. The Balaban J connectivity index is 2.36. The summed E-state index contributed by atoms with van der Waals surface area (Å²) >= 11 is 0. The van der Waals surface area contributed by atoms with Crippen LogP contribution < -0.4 is 4.74 Å². The molecule has 160 valence electrons. The molecular weight excluding hydrogens is 400 g/mol. The normalized spacial score (nSPS) is 13.5. The molecule has 1 aromatic carbocycles. The minimum atomic E-state index is -3.84. The zero-order valence-corrected chi connectivity index (χ0v) is 18.2. The molecule has 0 aliphatic carbocycles. The van der Waals surface area contributed by atoms with E-state index in [9.17, 15) is 18.5 Å². The van der Waals surface area contributed by atoms with Crippen molar-refractivity contribution in [2.75, 3.05) is 13.1 Å². The van der Waals surface area contributed by atoms with Crippen molar-refractivity contribution in [1.29, 1.82) is 0 Å². The quantitative estimate of drug-likeness (QED) is 0.464. The van der Waals surface area contributed by atoms with Gasteiger partial charge in [0.25, 0.3) is 5.89 Å². The molecule has 0 saturated carbocycles. The Morgan fingerprint density at radius 3 is 2.38 bits per heavy atom. The van der Waals surface area contributed by atoms with E-state index >= 15 is 0 Å². The van der Waals surface area contributed by atoms with E-state index in [1.807, 2.05) is 20.8 Å². The number of rotatable bonds is 8. The minimum Gasteiger partial charge on any atom is -0.474 e. The second-order valence-corrected chi connectivity index (χ2v) is 9.38. The van der Waals surface area contributed by atoms with Gasteiger partial charge in [0.15, 0.2) is 17.7 Å². The maximum absolute atomic E-state index is 12.7. The molecule has 0 radical (unpaired) electrons. The molecule has 0 unspecified atom stereocenters. The maximum atomic E-state index is 12.7. The molecule has 10 nitrogen and oxygen atoms in total. The molecule has 0 saturated heterocycles. The third kappa shape index (κ3) is 4.91. The Kier molecular flexibility index (Phi) is 6.63. The predicted octanol–water partition coefficient (Wildman–Crippen LogP) is 3.45. The van der Waals surface area contributed by atoms with Gasteiger partial charge in [0.2, 0.25) is 10.0 Å². The fourth-order valence-electron chi connectivity index (χ4n) is 2.56. The number of aromatic nitrogens is 2. The molecule has 0 fully saturated rings. The monoisotopic (exact) mass is 426 g/mol. The standard InChI is InChI=1S/C18H26N4O6S/c1-7-21(8-2)29(25,26)13-9-10-15(14(11-13)22(23)24)27-12(3)16-19-17(20-28-16)18(4,5)6/h9-12H,7-8H2,1-6H3/t12-/m0/s1. The summed E-state index contributed by atoms with van der Waals surface area (Å²) in [6.07, 6.45) is -0.762. The van der Waals surface area contributed by atoms with Crippen LogP contribution in [0.3, 0.4) is 0 Å². The van der Waals surface area contributed by atoms with Crippen molar-refractivity contribution < 1.29 is 22.6 Å². The lowest BCUT2D eigenvalue weighted by Gasteiger charge is -2.19. The zero-order valence-electron chi connectivity index (χ0n) is 17.4. The lowest BCUT2D eigenvalue weighted by atomic mass is 9.96. The van der Waals surface area contributed by atoms with Gasteiger partial charge < -0.3 is 9.26 Å². The lowest BCUT2D eigenvalue weighted by Crippen LogP contribution is -2.30. The van der Waals surface area contributed by atoms with Crippen LogP contribution in [0, 0.1) is 10.1 Å². The summed E-state index contributed by atoms with van der Waals surface area (Å²) in [5.41, 5.74) is -0.783. The molecule has 0 aliphatic heterocycles. The first-order valence-corrected chi connectivity index (χ1v) is 10.6. The molecule has 0 bridgehead atoms. The van der Waals surface area contributed by atoms with E-state index in [0.29, 0.717) is 5.82 Å². The smallest absolute Gasteiger partial charge is 0.312 e. The topological polar surface area (TPSA) is 129 Å². The second kappa shape index (κ2) is 8.46. The Bertz CT molecular complexity index is 976. The van der Waals surface area contributed by atoms with Gasteiger partial charge in [-0.15, -0.1) is 0 Å². The Morgan fingerprint density at radius 1 is 1.28 bits per heavy atom. The van der Waals surface area contributed by atoms with Gasteiger partial charge in [-0.25, -0.2) is 8.42 Å². The molecule has 0 aliphatic rings. The fraction of sp³-hybridized carbons (Fsp3) is 0.556. The summed E-state index contributed by atoms with van der Waals surface area (Å²) in [5, 5.41) is 15.4. The van der Waals surface area contributed by atoms with Gasteiger partial charge >= 0.3 is 5.69 Å². The molecular formula is C18H26N4O6S. The first-order valence-electron chi connectivity index (χ1n) is 9.21. The van der Waals surface area contributed by atoms with Gasteiger partial charge in [0, 0.05) is 24.6 Å². The number of benzene rings is 1. The highest BCUT2D eigenvalue weighted by Gasteiger charge is 2.29. The van der Waals surface area contributed by atoms with E-state index < -0.39 is 26.7 Å². The minimum absolute atomic E-state index is 0.0866. The number of hydrogen-bond donors (Lipinski definition) is 0. The lowest BCUT2D eigenvalue weighted by molar-refractivity contribution is -0.386. The summed E-state index contributed by atoms with van der Waals surface area (Å²) < 4.78 is 37.4. The third-order valence-electron chi connectivity index (χ3n) is 4.23. The van der Waals surface area contributed by atoms with Crippen LogP contribution in [0.15, 0.2) is 27.6 Å². The van der Waals surface area contributed by atoms with Gasteiger partial charge in [-0.1, -0.05) is 39.8 Å². The summed E-state index contributed by atoms with van der Waals surface area (Å²) in [6.45, 7) is 11.3. The van der Waals surface area contributed by atoms with Gasteiger partial charge in [-0.05, 0) is 19.1 Å². The van der Waals surface area contributed by atoms with Crippen LogP contribution in [-0.2, 0) is 15.4 Å². The van der Waals surface area contributed by atoms with E-state index in [1.165, 1.54) is 16.4 Å². The highest BCUT2D eigenvalue weighted by Crippen LogP contribution is 2.34. The van der Waals surface area contributed by atoms with Gasteiger partial charge in [-0.2, -0.15) is 9.29 Å². The third-order valence-corrected chi connectivity index (χ3v) is 6.28. The van der Waals surface area contributed by atoms with Gasteiger partial charge in [-0.3, -0.25) is 10.1 Å². The molecule has 11 heteroatoms. The van der Waals surface area contributed by atoms with E-state index in [0.717, 1.165) is 6.07 Å². The van der Waals surface area contributed by atoms with Crippen LogP contribution in [0.4, 0.5) is 5.69 Å². The number of ether oxygens (including phenoxy) is 1. The average Bonchev–Trinajstić information content (AvgIpc) is 3.13. The molecule has 2 aromatic rings. The maximum Gasteiger partial charge on any atom is 0.312 e. The van der Waals surface area contributed by atoms with Crippen molar-refractivity contribution in [3.05, 3.63) is 40.0 Å². The highest BCUT2D eigenvalue weighted by atomic mass is 32.2. The first-order chi connectivity index (χ1) is 13.4. The van der Waals surface area contributed by atoms with Crippen LogP contribution >= 0.6 is 0 Å². The van der Waals surface area contributed by atoms with E-state index in [1.54, 1.807) is 20.8 Å². The van der Waals surface area contributed by atoms with Crippen molar-refractivity contribution >= 4 is 15.7 Å². The number of nitro benzene ring substituents is 1. The van der Waals surface area contributed by atoms with Crippen molar-refractivity contribution in [3.63, 3.8) is 0 Å². The molecule has 1 heterocycles. The van der Waals surface area contributed by atoms with Crippen LogP contribution in [0.2, 0.25) is 0 Å². The van der Waals surface area contributed by atoms with Crippen LogP contribution in [0.1, 0.15) is 59.4 Å². The van der Waals surface area contributed by atoms with Crippen LogP contribution in [-0.4, -0.2) is 40.9 Å². The van der Waals surface area contributed by atoms with Crippen molar-refractivity contribution in [2.45, 2.75) is 58.0 Å². The largest absolute Gasteiger partial charge is 0.474 e. The van der Waals surface area contributed by atoms with Crippen molar-refractivity contribution in [2.24, 2.45) is 0 Å². The fourth-order valence-corrected chi connectivity index (χ4v) is 4.04. The van der Waals surface area contributed by atoms with E-state index in [2.05, 4.69) is 10.1 Å². The summed E-state index contributed by atoms with van der Waals surface area (Å²) in [4.78, 5) is 15.0. The van der Waals surface area contributed by atoms with Gasteiger partial charge in [0.05, 0.1) is 9.82 Å². The Labute approximate surface area is 170 Å². The van der Waals surface area contributed by atoms with Gasteiger partial charge in [0.1, 0.15) is 0 Å². The summed E-state index contributed by atoms with van der Waals surface area (Å²) in [6, 6.07) is 3.56. The SMILES string of the molecule is CCN(CC)S(=O)(=O)c1ccc(O[C@@H](C)c2nc(C(C)(C)C)no2)c([N+](=O)[O-])c1. The molecule has 0 N–H and O–H groups in total. The van der Waals surface area contributed by atoms with E-state index in [-0.39, 0.29) is 35.0 Å². The Morgan fingerprint density at radius 2 is 1.90 bits per heavy atom. The number of nitrogens with zero attached hydrogens (tertiary/aromatic N) is 4. The highest BCUT2D eigenvalue weighted by molar-refractivity contribution is 7.89. The van der Waals surface area contributed by atoms with E-state index in [4.69, 9.17) is 9.26 Å². The molecule has 29 heavy (non-hydrogen) atoms. The Hall–Kier alpha value is -2.53. The summed E-state index contributed by atoms with van der Waals surface area (Å²) in [7, 11) is -3.84. The van der Waals surface area contributed by atoms with Crippen molar-refractivity contribution in [3.8, 4) is 5.75 Å².